The highest BCUT2D eigenvalue weighted by atomic mass is 19.2. The van der Waals surface area contributed by atoms with E-state index in [1.807, 2.05) is 5.32 Å². The third-order valence-corrected chi connectivity index (χ3v) is 4.71. The summed E-state index contributed by atoms with van der Waals surface area (Å²) in [6.45, 7) is 1.16. The van der Waals surface area contributed by atoms with Gasteiger partial charge in [-0.05, 0) is 35.7 Å². The summed E-state index contributed by atoms with van der Waals surface area (Å²) < 4.78 is 53.5. The number of rotatable bonds is 7. The fraction of sp³-hybridized carbons (Fsp3) is 0.250. The molecule has 3 rings (SSSR count). The molecule has 0 aromatic heterocycles. The van der Waals surface area contributed by atoms with Gasteiger partial charge in [0, 0.05) is 12.8 Å². The van der Waals surface area contributed by atoms with Crippen molar-refractivity contribution in [3.63, 3.8) is 0 Å². The number of amides is 2. The van der Waals surface area contributed by atoms with Gasteiger partial charge in [0.1, 0.15) is 11.8 Å². The molecule has 2 unspecified atom stereocenters. The van der Waals surface area contributed by atoms with Crippen LogP contribution < -0.4 is 15.8 Å². The Bertz CT molecular complexity index is 1030. The summed E-state index contributed by atoms with van der Waals surface area (Å²) in [6.07, 6.45) is -2.36. The van der Waals surface area contributed by atoms with Gasteiger partial charge in [-0.1, -0.05) is 12.1 Å². The van der Waals surface area contributed by atoms with E-state index >= 15 is 0 Å². The van der Waals surface area contributed by atoms with Gasteiger partial charge in [0.05, 0.1) is 0 Å². The van der Waals surface area contributed by atoms with Crippen LogP contribution in [0.5, 0.6) is 11.5 Å². The maximum atomic E-state index is 14.7. The molecule has 2 atom stereocenters. The second-order valence-electron chi connectivity index (χ2n) is 6.86. The number of hydrogen-bond acceptors (Lipinski definition) is 6. The highest BCUT2D eigenvalue weighted by molar-refractivity contribution is 6.00. The molecule has 0 bridgehead atoms. The Balaban J connectivity index is 1.80. The summed E-state index contributed by atoms with van der Waals surface area (Å²) >= 11 is 0. The number of carbonyl (C=O) groups excluding carboxylic acids is 2. The number of carbonyl (C=O) groups is 3. The molecule has 2 aromatic rings. The van der Waals surface area contributed by atoms with Gasteiger partial charge in [-0.3, -0.25) is 14.9 Å². The van der Waals surface area contributed by atoms with E-state index < -0.39 is 65.3 Å². The number of carboxylic acids is 1. The number of ether oxygens (including phenoxy) is 2. The molecule has 1 saturated heterocycles. The van der Waals surface area contributed by atoms with Crippen molar-refractivity contribution in [1.29, 1.82) is 0 Å². The second kappa shape index (κ2) is 8.64. The first-order valence-corrected chi connectivity index (χ1v) is 9.01. The Morgan fingerprint density at radius 3 is 2.39 bits per heavy atom. The lowest BCUT2D eigenvalue weighted by Gasteiger charge is -2.16. The predicted molar refractivity (Wildman–Crippen MR) is 99.0 cm³/mol. The molecule has 0 spiro atoms. The Labute approximate surface area is 173 Å². The number of nitrogens with two attached hydrogens (primary N) is 1. The lowest BCUT2D eigenvalue weighted by Crippen LogP contribution is -2.33. The monoisotopic (exact) mass is 438 g/mol. The molecule has 0 radical (unpaired) electrons. The third-order valence-electron chi connectivity index (χ3n) is 4.71. The standard InChI is InChI=1S/C20H17F3N2O6/c1-8-11(7-12(24)19(27)28)15(22)16(23)17(14(8)21)30-10-4-2-9(3-5-10)6-13-18(26)25-20(29)31-13/h2-5,12-13H,6-7,24H2,1H3,(H,27,28)(H,25,26,29). The molecule has 2 amide bonds. The molecule has 8 nitrogen and oxygen atoms in total. The van der Waals surface area contributed by atoms with E-state index in [2.05, 4.69) is 0 Å². The topological polar surface area (TPSA) is 128 Å². The molecule has 4 N–H and O–H groups in total. The average Bonchev–Trinajstić information content (AvgIpc) is 3.04. The lowest BCUT2D eigenvalue weighted by molar-refractivity contribution is -0.138. The van der Waals surface area contributed by atoms with Crippen molar-refractivity contribution < 1.29 is 42.1 Å². The molecule has 164 valence electrons. The molecular formula is C20H17F3N2O6. The van der Waals surface area contributed by atoms with Crippen molar-refractivity contribution in [2.45, 2.75) is 31.9 Å². The number of imide groups is 1. The van der Waals surface area contributed by atoms with E-state index in [9.17, 15) is 27.6 Å². The van der Waals surface area contributed by atoms with Crippen LogP contribution in [0.25, 0.3) is 0 Å². The maximum Gasteiger partial charge on any atom is 0.414 e. The average molecular weight is 438 g/mol. The number of carboxylic acid groups (broad SMARTS) is 1. The summed E-state index contributed by atoms with van der Waals surface area (Å²) in [5.74, 6) is -7.29. The Kier molecular flexibility index (Phi) is 6.16. The molecule has 1 aliphatic rings. The van der Waals surface area contributed by atoms with Gasteiger partial charge in [-0.25, -0.2) is 13.6 Å². The first kappa shape index (κ1) is 22.1. The fourth-order valence-corrected chi connectivity index (χ4v) is 2.99. The first-order valence-electron chi connectivity index (χ1n) is 9.01. The lowest BCUT2D eigenvalue weighted by atomic mass is 9.99. The van der Waals surface area contributed by atoms with Crippen molar-refractivity contribution in [1.82, 2.24) is 5.32 Å². The van der Waals surface area contributed by atoms with Crippen LogP contribution in [0.4, 0.5) is 18.0 Å². The first-order chi connectivity index (χ1) is 14.6. The summed E-state index contributed by atoms with van der Waals surface area (Å²) in [5, 5.41) is 10.8. The number of halogens is 3. The molecule has 1 fully saturated rings. The van der Waals surface area contributed by atoms with Gasteiger partial charge in [-0.15, -0.1) is 0 Å². The SMILES string of the molecule is Cc1c(F)c(Oc2ccc(CC3OC(=O)NC3=O)cc2)c(F)c(F)c1CC(N)C(=O)O. The minimum Gasteiger partial charge on any atom is -0.480 e. The maximum absolute atomic E-state index is 14.7. The number of hydrogen-bond donors (Lipinski definition) is 3. The van der Waals surface area contributed by atoms with Crippen molar-refractivity contribution in [2.24, 2.45) is 5.73 Å². The summed E-state index contributed by atoms with van der Waals surface area (Å²) in [4.78, 5) is 33.4. The van der Waals surface area contributed by atoms with E-state index in [4.69, 9.17) is 20.3 Å². The third kappa shape index (κ3) is 4.61. The highest BCUT2D eigenvalue weighted by Gasteiger charge is 2.32. The van der Waals surface area contributed by atoms with Crippen molar-refractivity contribution in [3.8, 4) is 11.5 Å². The van der Waals surface area contributed by atoms with Crippen LogP contribution in [0.3, 0.4) is 0 Å². The van der Waals surface area contributed by atoms with Crippen LogP contribution in [0.15, 0.2) is 24.3 Å². The highest BCUT2D eigenvalue weighted by Crippen LogP contribution is 2.34. The van der Waals surface area contributed by atoms with Crippen LogP contribution in [-0.4, -0.2) is 35.2 Å². The molecule has 31 heavy (non-hydrogen) atoms. The summed E-state index contributed by atoms with van der Waals surface area (Å²) in [5.41, 5.74) is 5.10. The zero-order chi connectivity index (χ0) is 22.9. The van der Waals surface area contributed by atoms with Crippen LogP contribution in [0.1, 0.15) is 16.7 Å². The van der Waals surface area contributed by atoms with Crippen LogP contribution in [0, 0.1) is 24.4 Å². The quantitative estimate of drug-likeness (QED) is 0.566. The second-order valence-corrected chi connectivity index (χ2v) is 6.86. The number of nitrogens with one attached hydrogen (secondary N) is 1. The predicted octanol–water partition coefficient (Wildman–Crippen LogP) is 2.34. The normalized spacial score (nSPS) is 16.6. The zero-order valence-electron chi connectivity index (χ0n) is 16.1. The Morgan fingerprint density at radius 1 is 1.19 bits per heavy atom. The van der Waals surface area contributed by atoms with Crippen LogP contribution >= 0.6 is 0 Å². The van der Waals surface area contributed by atoms with Crippen molar-refractivity contribution in [3.05, 3.63) is 58.4 Å². The largest absolute Gasteiger partial charge is 0.480 e. The van der Waals surface area contributed by atoms with E-state index in [-0.39, 0.29) is 17.7 Å². The molecule has 0 saturated carbocycles. The smallest absolute Gasteiger partial charge is 0.414 e. The van der Waals surface area contributed by atoms with E-state index in [1.54, 1.807) is 0 Å². The molecule has 2 aromatic carbocycles. The zero-order valence-corrected chi connectivity index (χ0v) is 16.1. The number of cyclic esters (lactones) is 1. The Morgan fingerprint density at radius 2 is 1.84 bits per heavy atom. The van der Waals surface area contributed by atoms with Gasteiger partial charge < -0.3 is 20.3 Å². The molecular weight excluding hydrogens is 421 g/mol. The van der Waals surface area contributed by atoms with Crippen LogP contribution in [0.2, 0.25) is 0 Å². The van der Waals surface area contributed by atoms with Gasteiger partial charge in [0.2, 0.25) is 11.6 Å². The van der Waals surface area contributed by atoms with E-state index in [0.717, 1.165) is 6.92 Å². The number of benzene rings is 2. The van der Waals surface area contributed by atoms with Crippen molar-refractivity contribution >= 4 is 18.0 Å². The summed E-state index contributed by atoms with van der Waals surface area (Å²) in [6, 6.07) is 4.10. The molecule has 11 heteroatoms. The van der Waals surface area contributed by atoms with Gasteiger partial charge in [0.25, 0.3) is 5.91 Å². The molecule has 1 heterocycles. The van der Waals surface area contributed by atoms with Crippen molar-refractivity contribution in [2.75, 3.05) is 0 Å². The number of aliphatic carboxylic acids is 1. The van der Waals surface area contributed by atoms with Gasteiger partial charge in [-0.2, -0.15) is 4.39 Å². The number of alkyl carbamates (subject to hydrolysis) is 1. The Hall–Kier alpha value is -3.60. The van der Waals surface area contributed by atoms with Crippen LogP contribution in [-0.2, 0) is 27.2 Å². The molecule has 0 aliphatic carbocycles. The van der Waals surface area contributed by atoms with Gasteiger partial charge >= 0.3 is 12.1 Å². The van der Waals surface area contributed by atoms with Gasteiger partial charge in [0.15, 0.2) is 17.7 Å². The van der Waals surface area contributed by atoms with E-state index in [1.165, 1.54) is 24.3 Å². The molecule has 1 aliphatic heterocycles. The van der Waals surface area contributed by atoms with E-state index in [0.29, 0.717) is 5.56 Å². The fourth-order valence-electron chi connectivity index (χ4n) is 2.99. The summed E-state index contributed by atoms with van der Waals surface area (Å²) in [7, 11) is 0. The minimum absolute atomic E-state index is 0.0248. The minimum atomic E-state index is -1.62.